The molecule has 0 fully saturated rings. The second-order valence-corrected chi connectivity index (χ2v) is 4.91. The molecule has 112 valence electrons. The Balaban J connectivity index is 0.000000133. The summed E-state index contributed by atoms with van der Waals surface area (Å²) in [6.07, 6.45) is 3.78. The lowest BCUT2D eigenvalue weighted by molar-refractivity contribution is 0.341. The van der Waals surface area contributed by atoms with Gasteiger partial charge in [0, 0.05) is 34.2 Å². The van der Waals surface area contributed by atoms with Crippen molar-refractivity contribution >= 4 is 21.8 Å². The molecule has 0 bridgehead atoms. The Morgan fingerprint density at radius 1 is 0.864 bits per heavy atom. The molecule has 0 spiro atoms. The number of hydrogen-bond acceptors (Lipinski definition) is 2. The number of phenols is 1. The number of aromatic hydroxyl groups is 1. The fraction of sp³-hybridized carbons (Fsp3) is 0.111. The summed E-state index contributed by atoms with van der Waals surface area (Å²) in [6, 6.07) is 15.3. The minimum absolute atomic E-state index is 0.312. The van der Waals surface area contributed by atoms with Gasteiger partial charge in [0.05, 0.1) is 6.61 Å². The van der Waals surface area contributed by atoms with E-state index in [0.29, 0.717) is 5.75 Å². The Kier molecular flexibility index (Phi) is 4.01. The predicted molar refractivity (Wildman–Crippen MR) is 89.4 cm³/mol. The Hall–Kier alpha value is -2.88. The van der Waals surface area contributed by atoms with Gasteiger partial charge in [0.2, 0.25) is 0 Å². The van der Waals surface area contributed by atoms with Gasteiger partial charge >= 0.3 is 0 Å². The normalized spacial score (nSPS) is 10.4. The minimum Gasteiger partial charge on any atom is -0.508 e. The van der Waals surface area contributed by atoms with Crippen LogP contribution in [0.3, 0.4) is 0 Å². The fourth-order valence-electron chi connectivity index (χ4n) is 2.33. The highest BCUT2D eigenvalue weighted by Gasteiger charge is 1.96. The second kappa shape index (κ2) is 6.26. The van der Waals surface area contributed by atoms with Gasteiger partial charge in [0.1, 0.15) is 11.5 Å². The van der Waals surface area contributed by atoms with Crippen LogP contribution in [-0.4, -0.2) is 21.7 Å². The molecule has 0 unspecified atom stereocenters. The summed E-state index contributed by atoms with van der Waals surface area (Å²) in [4.78, 5) is 6.17. The van der Waals surface area contributed by atoms with E-state index in [1.807, 2.05) is 55.7 Å². The molecule has 0 radical (unpaired) electrons. The molecule has 22 heavy (non-hydrogen) atoms. The van der Waals surface area contributed by atoms with Crippen LogP contribution in [0.5, 0.6) is 11.5 Å². The van der Waals surface area contributed by atoms with Crippen molar-refractivity contribution in [1.29, 1.82) is 0 Å². The third-order valence-electron chi connectivity index (χ3n) is 3.37. The molecule has 2 aromatic carbocycles. The van der Waals surface area contributed by atoms with E-state index in [-0.39, 0.29) is 0 Å². The van der Waals surface area contributed by atoms with E-state index in [0.717, 1.165) is 28.8 Å². The first kappa shape index (κ1) is 14.1. The highest BCUT2D eigenvalue weighted by atomic mass is 16.5. The van der Waals surface area contributed by atoms with E-state index < -0.39 is 0 Å². The molecule has 4 rings (SSSR count). The molecule has 0 saturated heterocycles. The smallest absolute Gasteiger partial charge is 0.120 e. The quantitative estimate of drug-likeness (QED) is 0.512. The SMILES string of the molecule is CCOc1ccc2[nH]ccc2c1.Oc1ccc2[nH]ccc2c1. The number of phenolic OH excluding ortho intramolecular Hbond substituents is 1. The van der Waals surface area contributed by atoms with Crippen molar-refractivity contribution in [3.05, 3.63) is 60.9 Å². The first-order valence-corrected chi connectivity index (χ1v) is 7.22. The molecule has 4 aromatic rings. The molecule has 2 aromatic heterocycles. The van der Waals surface area contributed by atoms with Gasteiger partial charge in [0.25, 0.3) is 0 Å². The number of H-pyrrole nitrogens is 2. The average molecular weight is 294 g/mol. The lowest BCUT2D eigenvalue weighted by Gasteiger charge is -2.01. The lowest BCUT2D eigenvalue weighted by atomic mass is 10.2. The van der Waals surface area contributed by atoms with Crippen LogP contribution in [0.2, 0.25) is 0 Å². The zero-order valence-electron chi connectivity index (χ0n) is 12.3. The minimum atomic E-state index is 0.312. The zero-order valence-corrected chi connectivity index (χ0v) is 12.3. The molecule has 0 atom stereocenters. The second-order valence-electron chi connectivity index (χ2n) is 4.91. The van der Waals surface area contributed by atoms with Crippen LogP contribution < -0.4 is 4.74 Å². The standard InChI is InChI=1S/C10H11NO.C8H7NO/c1-2-12-9-3-4-10-8(7-9)5-6-11-10;10-7-1-2-8-6(5-7)3-4-9-8/h3-7,11H,2H2,1H3;1-5,9-10H. The first-order chi connectivity index (χ1) is 10.8. The Morgan fingerprint density at radius 2 is 1.50 bits per heavy atom. The van der Waals surface area contributed by atoms with E-state index in [1.54, 1.807) is 12.1 Å². The maximum absolute atomic E-state index is 9.03. The van der Waals surface area contributed by atoms with Crippen molar-refractivity contribution in [3.63, 3.8) is 0 Å². The average Bonchev–Trinajstić information content (AvgIpc) is 3.15. The van der Waals surface area contributed by atoms with Gasteiger partial charge in [-0.25, -0.2) is 0 Å². The number of nitrogens with one attached hydrogen (secondary N) is 2. The van der Waals surface area contributed by atoms with Crippen molar-refractivity contribution < 1.29 is 9.84 Å². The van der Waals surface area contributed by atoms with Gasteiger partial charge in [-0.2, -0.15) is 0 Å². The number of benzene rings is 2. The topological polar surface area (TPSA) is 61.0 Å². The summed E-state index contributed by atoms with van der Waals surface area (Å²) in [5, 5.41) is 11.3. The van der Waals surface area contributed by atoms with Gasteiger partial charge < -0.3 is 19.8 Å². The van der Waals surface area contributed by atoms with Gasteiger partial charge in [-0.3, -0.25) is 0 Å². The summed E-state index contributed by atoms with van der Waals surface area (Å²) >= 11 is 0. The maximum atomic E-state index is 9.03. The summed E-state index contributed by atoms with van der Waals surface area (Å²) in [5.41, 5.74) is 2.20. The molecular weight excluding hydrogens is 276 g/mol. The van der Waals surface area contributed by atoms with E-state index >= 15 is 0 Å². The van der Waals surface area contributed by atoms with Gasteiger partial charge in [-0.05, 0) is 55.5 Å². The van der Waals surface area contributed by atoms with Crippen molar-refractivity contribution in [2.24, 2.45) is 0 Å². The molecule has 0 aliphatic heterocycles. The Morgan fingerprint density at radius 3 is 2.18 bits per heavy atom. The number of aromatic amines is 2. The Labute approximate surface area is 128 Å². The third kappa shape index (κ3) is 3.06. The summed E-state index contributed by atoms with van der Waals surface area (Å²) in [6.45, 7) is 2.71. The molecule has 0 aliphatic carbocycles. The molecule has 3 N–H and O–H groups in total. The highest BCUT2D eigenvalue weighted by molar-refractivity contribution is 5.81. The summed E-state index contributed by atoms with van der Waals surface area (Å²) in [7, 11) is 0. The third-order valence-corrected chi connectivity index (χ3v) is 3.37. The van der Waals surface area contributed by atoms with E-state index in [4.69, 9.17) is 9.84 Å². The van der Waals surface area contributed by atoms with Gasteiger partial charge in [0.15, 0.2) is 0 Å². The predicted octanol–water partition coefficient (Wildman–Crippen LogP) is 4.44. The highest BCUT2D eigenvalue weighted by Crippen LogP contribution is 2.19. The van der Waals surface area contributed by atoms with Crippen LogP contribution >= 0.6 is 0 Å². The molecule has 4 nitrogen and oxygen atoms in total. The molecule has 2 heterocycles. The first-order valence-electron chi connectivity index (χ1n) is 7.22. The van der Waals surface area contributed by atoms with E-state index in [9.17, 15) is 0 Å². The van der Waals surface area contributed by atoms with Gasteiger partial charge in [-0.15, -0.1) is 0 Å². The monoisotopic (exact) mass is 294 g/mol. The van der Waals surface area contributed by atoms with Crippen molar-refractivity contribution in [1.82, 2.24) is 9.97 Å². The molecule has 0 amide bonds. The number of hydrogen-bond donors (Lipinski definition) is 3. The Bertz CT molecular complexity index is 877. The summed E-state index contributed by atoms with van der Waals surface area (Å²) < 4.78 is 5.37. The summed E-state index contributed by atoms with van der Waals surface area (Å²) in [5.74, 6) is 1.25. The van der Waals surface area contributed by atoms with Crippen LogP contribution in [0.15, 0.2) is 60.9 Å². The maximum Gasteiger partial charge on any atom is 0.120 e. The number of fused-ring (bicyclic) bond motifs is 2. The molecule has 0 saturated carbocycles. The number of rotatable bonds is 2. The van der Waals surface area contributed by atoms with Crippen LogP contribution in [0, 0.1) is 0 Å². The van der Waals surface area contributed by atoms with Crippen LogP contribution in [0.1, 0.15) is 6.92 Å². The number of ether oxygens (including phenoxy) is 1. The van der Waals surface area contributed by atoms with Crippen LogP contribution in [0.4, 0.5) is 0 Å². The van der Waals surface area contributed by atoms with E-state index in [1.165, 1.54) is 5.39 Å². The molecular formula is C18H18N2O2. The lowest BCUT2D eigenvalue weighted by Crippen LogP contribution is -1.90. The van der Waals surface area contributed by atoms with Crippen molar-refractivity contribution in [2.45, 2.75) is 6.92 Å². The van der Waals surface area contributed by atoms with E-state index in [2.05, 4.69) is 9.97 Å². The number of aromatic nitrogens is 2. The van der Waals surface area contributed by atoms with Crippen LogP contribution in [0.25, 0.3) is 21.8 Å². The molecule has 4 heteroatoms. The van der Waals surface area contributed by atoms with Crippen molar-refractivity contribution in [2.75, 3.05) is 6.61 Å². The van der Waals surface area contributed by atoms with Gasteiger partial charge in [-0.1, -0.05) is 0 Å². The van der Waals surface area contributed by atoms with Crippen molar-refractivity contribution in [3.8, 4) is 11.5 Å². The largest absolute Gasteiger partial charge is 0.508 e. The fourth-order valence-corrected chi connectivity index (χ4v) is 2.33. The van der Waals surface area contributed by atoms with Crippen LogP contribution in [-0.2, 0) is 0 Å². The zero-order chi connectivity index (χ0) is 15.4. The molecule has 0 aliphatic rings.